The maximum atomic E-state index is 11.0. The van der Waals surface area contributed by atoms with Crippen LogP contribution in [-0.4, -0.2) is 49.9 Å². The molecule has 0 spiro atoms. The highest BCUT2D eigenvalue weighted by Crippen LogP contribution is 2.15. The van der Waals surface area contributed by atoms with Gasteiger partial charge in [-0.2, -0.15) is 0 Å². The SMILES string of the molecule is CCCCCCCCCCCCCCCC[N+](C)(CCCS(=O)(=O)[O-])CCc1ccccc1. The third-order valence-corrected chi connectivity index (χ3v) is 7.72. The molecule has 0 aliphatic carbocycles. The van der Waals surface area contributed by atoms with Gasteiger partial charge in [0.25, 0.3) is 0 Å². The van der Waals surface area contributed by atoms with E-state index in [1.807, 2.05) is 6.07 Å². The Labute approximate surface area is 205 Å². The predicted molar refractivity (Wildman–Crippen MR) is 140 cm³/mol. The fourth-order valence-corrected chi connectivity index (χ4v) is 5.17. The van der Waals surface area contributed by atoms with Crippen molar-refractivity contribution < 1.29 is 17.5 Å². The number of hydrogen-bond donors (Lipinski definition) is 0. The van der Waals surface area contributed by atoms with Crippen molar-refractivity contribution in [2.24, 2.45) is 0 Å². The van der Waals surface area contributed by atoms with E-state index in [0.29, 0.717) is 6.42 Å². The Morgan fingerprint density at radius 2 is 1.12 bits per heavy atom. The van der Waals surface area contributed by atoms with E-state index >= 15 is 0 Å². The van der Waals surface area contributed by atoms with Crippen LogP contribution in [0.25, 0.3) is 0 Å². The summed E-state index contributed by atoms with van der Waals surface area (Å²) in [7, 11) is -1.90. The van der Waals surface area contributed by atoms with Gasteiger partial charge in [0.05, 0.1) is 36.8 Å². The summed E-state index contributed by atoms with van der Waals surface area (Å²) in [6.07, 6.45) is 20.4. The molecule has 5 heteroatoms. The smallest absolute Gasteiger partial charge is 0.0948 e. The van der Waals surface area contributed by atoms with Gasteiger partial charge in [-0.1, -0.05) is 114 Å². The van der Waals surface area contributed by atoms with Crippen LogP contribution in [0.15, 0.2) is 30.3 Å². The number of benzene rings is 1. The van der Waals surface area contributed by atoms with Crippen LogP contribution in [0.5, 0.6) is 0 Å². The molecule has 1 atom stereocenters. The lowest BCUT2D eigenvalue weighted by Gasteiger charge is -2.35. The molecule has 0 radical (unpaired) electrons. The number of unbranched alkanes of at least 4 members (excludes halogenated alkanes) is 13. The van der Waals surface area contributed by atoms with E-state index in [2.05, 4.69) is 38.2 Å². The molecule has 0 saturated carbocycles. The highest BCUT2D eigenvalue weighted by atomic mass is 32.2. The molecular weight excluding hydrogens is 430 g/mol. The van der Waals surface area contributed by atoms with E-state index < -0.39 is 10.1 Å². The Hall–Kier alpha value is -0.910. The van der Waals surface area contributed by atoms with Gasteiger partial charge in [0.15, 0.2) is 0 Å². The molecule has 33 heavy (non-hydrogen) atoms. The van der Waals surface area contributed by atoms with Gasteiger partial charge in [-0.25, -0.2) is 8.42 Å². The molecule has 4 nitrogen and oxygen atoms in total. The van der Waals surface area contributed by atoms with E-state index in [0.717, 1.165) is 30.5 Å². The van der Waals surface area contributed by atoms with Crippen LogP contribution in [0.3, 0.4) is 0 Å². The van der Waals surface area contributed by atoms with Gasteiger partial charge in [-0.15, -0.1) is 0 Å². The Balaban J connectivity index is 2.18. The zero-order valence-electron chi connectivity index (χ0n) is 21.6. The average Bonchev–Trinajstić information content (AvgIpc) is 2.78. The molecule has 0 heterocycles. The molecule has 0 amide bonds. The van der Waals surface area contributed by atoms with Crippen LogP contribution in [0.2, 0.25) is 0 Å². The molecule has 1 rings (SSSR count). The topological polar surface area (TPSA) is 57.2 Å². The van der Waals surface area contributed by atoms with Crippen molar-refractivity contribution in [1.82, 2.24) is 0 Å². The maximum absolute atomic E-state index is 11.0. The molecule has 0 saturated heterocycles. The first-order valence-electron chi connectivity index (χ1n) is 13.7. The van der Waals surface area contributed by atoms with Gasteiger partial charge in [-0.05, 0) is 18.4 Å². The third-order valence-electron chi connectivity index (χ3n) is 6.93. The number of hydrogen-bond acceptors (Lipinski definition) is 3. The normalized spacial score (nSPS) is 13.8. The van der Waals surface area contributed by atoms with Gasteiger partial charge in [0.1, 0.15) is 0 Å². The zero-order chi connectivity index (χ0) is 24.3. The third kappa shape index (κ3) is 18.1. The summed E-state index contributed by atoms with van der Waals surface area (Å²) < 4.78 is 33.9. The quantitative estimate of drug-likeness (QED) is 0.101. The fourth-order valence-electron chi connectivity index (χ4n) is 4.69. The largest absolute Gasteiger partial charge is 0.748 e. The number of quaternary nitrogens is 1. The van der Waals surface area contributed by atoms with Crippen molar-refractivity contribution in [1.29, 1.82) is 0 Å². The molecule has 0 aliphatic rings. The summed E-state index contributed by atoms with van der Waals surface area (Å²) in [6.45, 7) is 5.08. The molecule has 1 aromatic rings. The molecule has 0 fully saturated rings. The van der Waals surface area contributed by atoms with Crippen LogP contribution in [-0.2, 0) is 16.5 Å². The Bertz CT molecular complexity index is 678. The Kier molecular flexibility index (Phi) is 16.8. The average molecular weight is 482 g/mol. The van der Waals surface area contributed by atoms with Crippen molar-refractivity contribution in [3.63, 3.8) is 0 Å². The van der Waals surface area contributed by atoms with E-state index in [4.69, 9.17) is 0 Å². The highest BCUT2D eigenvalue weighted by Gasteiger charge is 2.21. The van der Waals surface area contributed by atoms with E-state index in [9.17, 15) is 13.0 Å². The molecular formula is C28H51NO3S. The van der Waals surface area contributed by atoms with Crippen molar-refractivity contribution >= 4 is 10.1 Å². The van der Waals surface area contributed by atoms with Crippen molar-refractivity contribution in [3.8, 4) is 0 Å². The van der Waals surface area contributed by atoms with Crippen molar-refractivity contribution in [3.05, 3.63) is 35.9 Å². The Morgan fingerprint density at radius 3 is 1.61 bits per heavy atom. The van der Waals surface area contributed by atoms with Gasteiger partial charge >= 0.3 is 0 Å². The lowest BCUT2D eigenvalue weighted by molar-refractivity contribution is -0.909. The molecule has 1 unspecified atom stereocenters. The second-order valence-corrected chi connectivity index (χ2v) is 11.8. The van der Waals surface area contributed by atoms with Crippen LogP contribution in [0.4, 0.5) is 0 Å². The summed E-state index contributed by atoms with van der Waals surface area (Å²) in [5.41, 5.74) is 1.32. The molecule has 192 valence electrons. The minimum absolute atomic E-state index is 0.245. The second-order valence-electron chi connectivity index (χ2n) is 10.2. The van der Waals surface area contributed by atoms with Gasteiger partial charge in [0, 0.05) is 18.6 Å². The highest BCUT2D eigenvalue weighted by molar-refractivity contribution is 7.85. The number of rotatable bonds is 22. The Morgan fingerprint density at radius 1 is 0.667 bits per heavy atom. The van der Waals surface area contributed by atoms with Crippen LogP contribution in [0.1, 0.15) is 109 Å². The molecule has 0 aromatic heterocycles. The van der Waals surface area contributed by atoms with E-state index in [1.54, 1.807) is 0 Å². The standard InChI is InChI=1S/C28H51NO3S/c1-3-4-5-6-7-8-9-10-11-12-13-14-15-19-24-29(2,25-20-27-33(30,31)32)26-23-28-21-17-16-18-22-28/h16-18,21-22H,3-15,19-20,23-27H2,1-2H3. The van der Waals surface area contributed by atoms with Crippen molar-refractivity contribution in [2.75, 3.05) is 32.4 Å². The van der Waals surface area contributed by atoms with E-state index in [1.165, 1.54) is 95.5 Å². The molecule has 1 aromatic carbocycles. The minimum Gasteiger partial charge on any atom is -0.748 e. The lowest BCUT2D eigenvalue weighted by atomic mass is 10.0. The monoisotopic (exact) mass is 481 g/mol. The van der Waals surface area contributed by atoms with Crippen LogP contribution >= 0.6 is 0 Å². The predicted octanol–water partition coefficient (Wildman–Crippen LogP) is 7.09. The van der Waals surface area contributed by atoms with Gasteiger partial charge in [-0.3, -0.25) is 0 Å². The number of likely N-dealkylation sites (N-methyl/N-ethyl adjacent to an activating group) is 1. The summed E-state index contributed by atoms with van der Waals surface area (Å²) in [5.74, 6) is -0.245. The first-order valence-corrected chi connectivity index (χ1v) is 15.2. The summed E-state index contributed by atoms with van der Waals surface area (Å²) in [4.78, 5) is 0. The van der Waals surface area contributed by atoms with E-state index in [-0.39, 0.29) is 5.75 Å². The first kappa shape index (κ1) is 30.1. The molecule has 0 bridgehead atoms. The molecule has 0 aliphatic heterocycles. The van der Waals surface area contributed by atoms with Crippen LogP contribution < -0.4 is 0 Å². The van der Waals surface area contributed by atoms with Crippen molar-refractivity contribution in [2.45, 2.75) is 110 Å². The summed E-state index contributed by atoms with van der Waals surface area (Å²) in [5, 5.41) is 0. The number of nitrogens with zero attached hydrogens (tertiary/aromatic N) is 1. The van der Waals surface area contributed by atoms with Crippen LogP contribution in [0, 0.1) is 0 Å². The summed E-state index contributed by atoms with van der Waals surface area (Å²) >= 11 is 0. The maximum Gasteiger partial charge on any atom is 0.0948 e. The summed E-state index contributed by atoms with van der Waals surface area (Å²) in [6, 6.07) is 10.5. The zero-order valence-corrected chi connectivity index (χ0v) is 22.4. The fraction of sp³-hybridized carbons (Fsp3) is 0.786. The van der Waals surface area contributed by atoms with Gasteiger partial charge < -0.3 is 9.04 Å². The minimum atomic E-state index is -4.12. The second kappa shape index (κ2) is 18.4. The molecule has 0 N–H and O–H groups in total. The first-order chi connectivity index (χ1) is 15.8. The lowest BCUT2D eigenvalue weighted by Crippen LogP contribution is -2.47. The van der Waals surface area contributed by atoms with Gasteiger partial charge in [0.2, 0.25) is 0 Å².